The maximum Gasteiger partial charge on any atom is 0.147 e. The third-order valence-electron chi connectivity index (χ3n) is 4.99. The lowest BCUT2D eigenvalue weighted by Crippen LogP contribution is -2.38. The van der Waals surface area contributed by atoms with Crippen LogP contribution in [0.1, 0.15) is 51.6 Å². The van der Waals surface area contributed by atoms with Crippen molar-refractivity contribution in [1.82, 2.24) is 15.3 Å². The van der Waals surface area contributed by atoms with Crippen LogP contribution in [0.4, 0.5) is 5.82 Å². The molecule has 1 aromatic rings. The number of anilines is 1. The summed E-state index contributed by atoms with van der Waals surface area (Å²) in [4.78, 5) is 11.5. The molecule has 0 atom stereocenters. The Kier molecular flexibility index (Phi) is 3.92. The summed E-state index contributed by atoms with van der Waals surface area (Å²) in [5.74, 6) is 1.04. The molecule has 1 N–H and O–H groups in total. The quantitative estimate of drug-likeness (QED) is 0.896. The van der Waals surface area contributed by atoms with Gasteiger partial charge in [-0.25, -0.2) is 4.98 Å². The van der Waals surface area contributed by atoms with Crippen molar-refractivity contribution >= 4 is 5.82 Å². The molecule has 20 heavy (non-hydrogen) atoms. The average Bonchev–Trinajstić information content (AvgIpc) is 3.31. The highest BCUT2D eigenvalue weighted by molar-refractivity contribution is 5.36. The van der Waals surface area contributed by atoms with Gasteiger partial charge in [0.1, 0.15) is 5.82 Å². The Balaban J connectivity index is 1.54. The fourth-order valence-corrected chi connectivity index (χ4v) is 2.77. The molecule has 0 radical (unpaired) electrons. The van der Waals surface area contributed by atoms with Gasteiger partial charge in [0.2, 0.25) is 0 Å². The minimum atomic E-state index is 0.526. The Morgan fingerprint density at radius 2 is 2.00 bits per heavy atom. The van der Waals surface area contributed by atoms with Crippen molar-refractivity contribution in [3.63, 3.8) is 0 Å². The van der Waals surface area contributed by atoms with E-state index in [4.69, 9.17) is 0 Å². The predicted octanol–water partition coefficient (Wildman–Crippen LogP) is 2.75. The molecule has 4 heteroatoms. The molecule has 1 saturated carbocycles. The Morgan fingerprint density at radius 3 is 2.55 bits per heavy atom. The van der Waals surface area contributed by atoms with Gasteiger partial charge in [-0.05, 0) is 31.1 Å². The molecule has 0 unspecified atom stereocenters. The molecule has 2 fully saturated rings. The number of aromatic nitrogens is 2. The van der Waals surface area contributed by atoms with Gasteiger partial charge in [0, 0.05) is 25.7 Å². The zero-order chi connectivity index (χ0) is 14.0. The van der Waals surface area contributed by atoms with Gasteiger partial charge in [-0.2, -0.15) is 0 Å². The van der Waals surface area contributed by atoms with Crippen LogP contribution in [-0.4, -0.2) is 29.1 Å². The first kappa shape index (κ1) is 13.8. The van der Waals surface area contributed by atoms with E-state index in [1.165, 1.54) is 32.1 Å². The zero-order valence-electron chi connectivity index (χ0n) is 12.7. The molecular weight excluding hydrogens is 248 g/mol. The van der Waals surface area contributed by atoms with Crippen LogP contribution in [0.25, 0.3) is 0 Å². The van der Waals surface area contributed by atoms with Crippen molar-refractivity contribution in [2.24, 2.45) is 5.41 Å². The molecule has 0 bridgehead atoms. The van der Waals surface area contributed by atoms with Crippen LogP contribution in [-0.2, 0) is 6.54 Å². The zero-order valence-corrected chi connectivity index (χ0v) is 12.7. The third-order valence-corrected chi connectivity index (χ3v) is 4.99. The van der Waals surface area contributed by atoms with Crippen molar-refractivity contribution in [1.29, 1.82) is 0 Å². The number of rotatable bonds is 5. The van der Waals surface area contributed by atoms with Gasteiger partial charge < -0.3 is 10.2 Å². The molecular formula is C16H26N4. The van der Waals surface area contributed by atoms with E-state index in [1.807, 2.05) is 12.4 Å². The first-order valence-electron chi connectivity index (χ1n) is 7.98. The molecule has 110 valence electrons. The maximum absolute atomic E-state index is 4.60. The predicted molar refractivity (Wildman–Crippen MR) is 81.7 cm³/mol. The number of piperidine rings is 1. The molecule has 3 rings (SSSR count). The first-order chi connectivity index (χ1) is 9.68. The van der Waals surface area contributed by atoms with Crippen molar-refractivity contribution in [3.05, 3.63) is 18.1 Å². The highest BCUT2D eigenvalue weighted by atomic mass is 15.2. The van der Waals surface area contributed by atoms with Gasteiger partial charge >= 0.3 is 0 Å². The van der Waals surface area contributed by atoms with Crippen molar-refractivity contribution < 1.29 is 0 Å². The van der Waals surface area contributed by atoms with E-state index in [2.05, 4.69) is 34.0 Å². The maximum atomic E-state index is 4.60. The summed E-state index contributed by atoms with van der Waals surface area (Å²) < 4.78 is 0. The van der Waals surface area contributed by atoms with E-state index < -0.39 is 0 Å². The van der Waals surface area contributed by atoms with Gasteiger partial charge in [0.05, 0.1) is 18.1 Å². The smallest absolute Gasteiger partial charge is 0.147 e. The SMILES string of the molecule is CCC1(C)CCN(c2cnc(CNC3CC3)cn2)CC1. The van der Waals surface area contributed by atoms with Crippen LogP contribution in [0.3, 0.4) is 0 Å². The van der Waals surface area contributed by atoms with E-state index in [0.717, 1.165) is 37.2 Å². The van der Waals surface area contributed by atoms with Crippen molar-refractivity contribution in [2.75, 3.05) is 18.0 Å². The Bertz CT molecular complexity index is 430. The molecule has 1 aliphatic heterocycles. The van der Waals surface area contributed by atoms with Gasteiger partial charge in [-0.15, -0.1) is 0 Å². The standard InChI is InChI=1S/C16H26N4/c1-3-16(2)6-8-20(9-7-16)15-12-18-14(11-19-15)10-17-13-4-5-13/h11-13,17H,3-10H2,1-2H3. The van der Waals surface area contributed by atoms with E-state index in [0.29, 0.717) is 5.41 Å². The largest absolute Gasteiger partial charge is 0.355 e. The molecule has 0 spiro atoms. The average molecular weight is 274 g/mol. The second-order valence-electron chi connectivity index (χ2n) is 6.67. The second-order valence-corrected chi connectivity index (χ2v) is 6.67. The normalized spacial score (nSPS) is 22.0. The van der Waals surface area contributed by atoms with Crippen LogP contribution in [0.15, 0.2) is 12.4 Å². The van der Waals surface area contributed by atoms with Crippen LogP contribution in [0.5, 0.6) is 0 Å². The molecule has 1 saturated heterocycles. The second kappa shape index (κ2) is 5.68. The van der Waals surface area contributed by atoms with E-state index in [9.17, 15) is 0 Å². The fraction of sp³-hybridized carbons (Fsp3) is 0.750. The molecule has 2 aliphatic rings. The minimum Gasteiger partial charge on any atom is -0.355 e. The van der Waals surface area contributed by atoms with Crippen LogP contribution >= 0.6 is 0 Å². The molecule has 4 nitrogen and oxygen atoms in total. The number of nitrogens with one attached hydrogen (secondary N) is 1. The van der Waals surface area contributed by atoms with Crippen molar-refractivity contribution in [2.45, 2.75) is 58.5 Å². The topological polar surface area (TPSA) is 41.1 Å². The lowest BCUT2D eigenvalue weighted by atomic mass is 9.78. The minimum absolute atomic E-state index is 0.526. The summed E-state index contributed by atoms with van der Waals surface area (Å²) in [6.45, 7) is 7.78. The summed E-state index contributed by atoms with van der Waals surface area (Å²) >= 11 is 0. The summed E-state index contributed by atoms with van der Waals surface area (Å²) in [6.07, 6.45) is 10.3. The van der Waals surface area contributed by atoms with Crippen LogP contribution < -0.4 is 10.2 Å². The van der Waals surface area contributed by atoms with Crippen LogP contribution in [0, 0.1) is 5.41 Å². The number of hydrogen-bond donors (Lipinski definition) is 1. The summed E-state index contributed by atoms with van der Waals surface area (Å²) in [5, 5.41) is 3.47. The van der Waals surface area contributed by atoms with Gasteiger partial charge in [-0.1, -0.05) is 20.3 Å². The Hall–Kier alpha value is -1.16. The number of nitrogens with zero attached hydrogens (tertiary/aromatic N) is 3. The number of hydrogen-bond acceptors (Lipinski definition) is 4. The van der Waals surface area contributed by atoms with E-state index >= 15 is 0 Å². The molecule has 1 aliphatic carbocycles. The highest BCUT2D eigenvalue weighted by Crippen LogP contribution is 2.34. The van der Waals surface area contributed by atoms with Gasteiger partial charge in [-0.3, -0.25) is 4.98 Å². The monoisotopic (exact) mass is 274 g/mol. The first-order valence-corrected chi connectivity index (χ1v) is 7.98. The molecule has 0 aromatic carbocycles. The molecule has 1 aromatic heterocycles. The lowest BCUT2D eigenvalue weighted by Gasteiger charge is -2.39. The molecule has 2 heterocycles. The lowest BCUT2D eigenvalue weighted by molar-refractivity contribution is 0.237. The van der Waals surface area contributed by atoms with Crippen LogP contribution in [0.2, 0.25) is 0 Å². The fourth-order valence-electron chi connectivity index (χ4n) is 2.77. The summed E-state index contributed by atoms with van der Waals surface area (Å²) in [7, 11) is 0. The van der Waals surface area contributed by atoms with E-state index in [1.54, 1.807) is 0 Å². The van der Waals surface area contributed by atoms with Crippen molar-refractivity contribution in [3.8, 4) is 0 Å². The summed E-state index contributed by atoms with van der Waals surface area (Å²) in [5.41, 5.74) is 1.58. The highest BCUT2D eigenvalue weighted by Gasteiger charge is 2.28. The Morgan fingerprint density at radius 1 is 1.25 bits per heavy atom. The van der Waals surface area contributed by atoms with E-state index in [-0.39, 0.29) is 0 Å². The van der Waals surface area contributed by atoms with Gasteiger partial charge in [0.15, 0.2) is 0 Å². The van der Waals surface area contributed by atoms with Gasteiger partial charge in [0.25, 0.3) is 0 Å². The molecule has 0 amide bonds. The third kappa shape index (κ3) is 3.29. The summed E-state index contributed by atoms with van der Waals surface area (Å²) in [6, 6.07) is 0.727. The Labute approximate surface area is 122 Å².